The van der Waals surface area contributed by atoms with E-state index in [2.05, 4.69) is 105 Å². The van der Waals surface area contributed by atoms with E-state index < -0.39 is 0 Å². The molecule has 0 aromatic heterocycles. The molecule has 1 saturated heterocycles. The molecule has 3 heteroatoms. The van der Waals surface area contributed by atoms with Crippen molar-refractivity contribution < 1.29 is 0 Å². The quantitative estimate of drug-likeness (QED) is 0.651. The van der Waals surface area contributed by atoms with E-state index in [0.717, 1.165) is 6.42 Å². The lowest BCUT2D eigenvalue weighted by atomic mass is 10.0. The van der Waals surface area contributed by atoms with Gasteiger partial charge in [0, 0.05) is 22.3 Å². The van der Waals surface area contributed by atoms with Gasteiger partial charge in [0.25, 0.3) is 0 Å². The molecule has 0 N–H and O–H groups in total. The van der Waals surface area contributed by atoms with Crippen LogP contribution in [0.3, 0.4) is 0 Å². The number of quaternary nitrogens is 1. The third-order valence-corrected chi connectivity index (χ3v) is 6.18. The van der Waals surface area contributed by atoms with E-state index in [1.54, 1.807) is 0 Å². The fourth-order valence-electron chi connectivity index (χ4n) is 5.17. The average Bonchev–Trinajstić information content (AvgIpc) is 3.35. The van der Waals surface area contributed by atoms with Gasteiger partial charge in [-0.05, 0) is 39.7 Å². The standard InChI is InChI=1S/C24H26N3/c1-17-9-7-10-18(2)22(17)27(23-19(3)11-8-12-20(23)4)25-15-16-26(27)24(25)21-13-5-6-14-21/h5-13,15-16,24H,14H2,1-4H3/q+1. The van der Waals surface area contributed by atoms with Gasteiger partial charge in [-0.1, -0.05) is 59.3 Å². The summed E-state index contributed by atoms with van der Waals surface area (Å²) in [5, 5.41) is 5.03. The highest BCUT2D eigenvalue weighted by atomic mass is 16.1. The normalized spacial score (nSPS) is 19.6. The van der Waals surface area contributed by atoms with E-state index in [4.69, 9.17) is 0 Å². The first-order valence-electron chi connectivity index (χ1n) is 9.71. The molecule has 27 heavy (non-hydrogen) atoms. The molecule has 0 atom stereocenters. The Morgan fingerprint density at radius 3 is 1.67 bits per heavy atom. The fourth-order valence-corrected chi connectivity index (χ4v) is 5.17. The van der Waals surface area contributed by atoms with Crippen molar-refractivity contribution in [3.05, 3.63) is 94.9 Å². The predicted molar refractivity (Wildman–Crippen MR) is 112 cm³/mol. The van der Waals surface area contributed by atoms with Crippen molar-refractivity contribution in [1.82, 2.24) is 14.7 Å². The summed E-state index contributed by atoms with van der Waals surface area (Å²) in [6.07, 6.45) is 12.6. The molecular weight excluding hydrogens is 330 g/mol. The Morgan fingerprint density at radius 2 is 1.26 bits per heavy atom. The Balaban J connectivity index is 1.77. The van der Waals surface area contributed by atoms with Crippen LogP contribution in [0.5, 0.6) is 0 Å². The minimum Gasteiger partial charge on any atom is -0.162 e. The van der Waals surface area contributed by atoms with Gasteiger partial charge in [-0.2, -0.15) is 10.0 Å². The summed E-state index contributed by atoms with van der Waals surface area (Å²) in [5.74, 6) is 0. The van der Waals surface area contributed by atoms with Gasteiger partial charge in [0.2, 0.25) is 6.17 Å². The van der Waals surface area contributed by atoms with Crippen LogP contribution >= 0.6 is 0 Å². The highest BCUT2D eigenvalue weighted by Gasteiger charge is 2.67. The molecule has 2 bridgehead atoms. The van der Waals surface area contributed by atoms with Crippen molar-refractivity contribution in [2.24, 2.45) is 0 Å². The van der Waals surface area contributed by atoms with Gasteiger partial charge in [0.05, 0.1) is 12.4 Å². The van der Waals surface area contributed by atoms with E-state index in [1.807, 2.05) is 0 Å². The van der Waals surface area contributed by atoms with Gasteiger partial charge in [-0.3, -0.25) is 0 Å². The van der Waals surface area contributed by atoms with Gasteiger partial charge in [0.1, 0.15) is 0 Å². The Bertz CT molecular complexity index is 920. The zero-order chi connectivity index (χ0) is 18.8. The van der Waals surface area contributed by atoms with Crippen LogP contribution in [0.1, 0.15) is 28.7 Å². The zero-order valence-electron chi connectivity index (χ0n) is 16.5. The predicted octanol–water partition coefficient (Wildman–Crippen LogP) is 5.70. The average molecular weight is 356 g/mol. The highest BCUT2D eigenvalue weighted by Crippen LogP contribution is 2.57. The number of hydrogen-bond donors (Lipinski definition) is 0. The van der Waals surface area contributed by atoms with Crippen molar-refractivity contribution >= 4 is 11.4 Å². The second-order valence-electron chi connectivity index (χ2n) is 7.89. The number of allylic oxidation sites excluding steroid dienone is 3. The number of aryl methyl sites for hydroxylation is 4. The topological polar surface area (TPSA) is 6.48 Å². The van der Waals surface area contributed by atoms with Crippen LogP contribution in [0.25, 0.3) is 0 Å². The molecule has 3 aliphatic heterocycles. The largest absolute Gasteiger partial charge is 0.224 e. The molecule has 0 radical (unpaired) electrons. The van der Waals surface area contributed by atoms with Gasteiger partial charge >= 0.3 is 0 Å². The fraction of sp³-hybridized carbons (Fsp3) is 0.250. The van der Waals surface area contributed by atoms with Gasteiger partial charge < -0.3 is 0 Å². The molecule has 0 spiro atoms. The highest BCUT2D eigenvalue weighted by molar-refractivity contribution is 5.71. The van der Waals surface area contributed by atoms with Crippen LogP contribution in [0, 0.1) is 27.7 Å². The number of hydrogen-bond acceptors (Lipinski definition) is 2. The smallest absolute Gasteiger partial charge is 0.162 e. The monoisotopic (exact) mass is 356 g/mol. The summed E-state index contributed by atoms with van der Waals surface area (Å²) in [6.45, 7) is 8.95. The SMILES string of the molecule is Cc1cccc(C)c1[N+]1(c2c(C)cccc2C)N2C=CN1C2C1=CC=CC1. The Kier molecular flexibility index (Phi) is 3.40. The minimum atomic E-state index is 0.304. The number of nitrogens with zero attached hydrogens (tertiary/aromatic N) is 3. The first-order chi connectivity index (χ1) is 13.1. The third-order valence-electron chi connectivity index (χ3n) is 6.18. The summed E-state index contributed by atoms with van der Waals surface area (Å²) in [4.78, 5) is 0. The van der Waals surface area contributed by atoms with Gasteiger partial charge in [-0.25, -0.2) is 0 Å². The summed E-state index contributed by atoms with van der Waals surface area (Å²) in [7, 11) is 0. The van der Waals surface area contributed by atoms with E-state index in [0.29, 0.717) is 10.9 Å². The number of benzene rings is 2. The third kappa shape index (κ3) is 1.95. The summed E-state index contributed by atoms with van der Waals surface area (Å²) in [5.41, 5.74) is 9.50. The Labute approximate surface area is 161 Å². The maximum atomic E-state index is 2.52. The molecule has 0 amide bonds. The van der Waals surface area contributed by atoms with Crippen molar-refractivity contribution in [2.45, 2.75) is 40.3 Å². The van der Waals surface area contributed by atoms with Gasteiger partial charge in [-0.15, -0.1) is 0 Å². The summed E-state index contributed by atoms with van der Waals surface area (Å²) >= 11 is 0. The van der Waals surface area contributed by atoms with E-state index in [9.17, 15) is 0 Å². The summed E-state index contributed by atoms with van der Waals surface area (Å²) < 4.78 is 0.652. The lowest BCUT2D eigenvalue weighted by Gasteiger charge is -2.59. The molecule has 3 heterocycles. The molecule has 1 aliphatic carbocycles. The van der Waals surface area contributed by atoms with Crippen LogP contribution in [-0.4, -0.2) is 16.2 Å². The van der Waals surface area contributed by atoms with E-state index >= 15 is 0 Å². The van der Waals surface area contributed by atoms with Crippen LogP contribution in [0.15, 0.2) is 72.6 Å². The molecule has 2 aromatic rings. The molecule has 136 valence electrons. The molecule has 3 nitrogen and oxygen atoms in total. The molecule has 0 saturated carbocycles. The second kappa shape index (κ2) is 5.61. The molecule has 0 unspecified atom stereocenters. The molecular formula is C24H26N3+. The number of rotatable bonds is 3. The van der Waals surface area contributed by atoms with Crippen molar-refractivity contribution in [2.75, 3.05) is 0 Å². The van der Waals surface area contributed by atoms with Crippen LogP contribution in [-0.2, 0) is 0 Å². The maximum absolute atomic E-state index is 2.52. The second-order valence-corrected chi connectivity index (χ2v) is 7.89. The minimum absolute atomic E-state index is 0.304. The number of para-hydroxylation sites is 2. The first kappa shape index (κ1) is 16.4. The lowest BCUT2D eigenvalue weighted by Crippen LogP contribution is -2.79. The van der Waals surface area contributed by atoms with Gasteiger partial charge in [0.15, 0.2) is 11.4 Å². The molecule has 6 rings (SSSR count). The molecule has 4 aliphatic rings. The first-order valence-corrected chi connectivity index (χ1v) is 9.71. The molecule has 1 fully saturated rings. The van der Waals surface area contributed by atoms with Crippen molar-refractivity contribution in [3.63, 3.8) is 0 Å². The molecule has 2 aromatic carbocycles. The lowest BCUT2D eigenvalue weighted by molar-refractivity contribution is -0.225. The van der Waals surface area contributed by atoms with Crippen LogP contribution in [0.2, 0.25) is 0 Å². The Morgan fingerprint density at radius 1 is 0.778 bits per heavy atom. The zero-order valence-corrected chi connectivity index (χ0v) is 16.5. The maximum Gasteiger partial charge on any atom is 0.224 e. The Hall–Kier alpha value is -2.78. The van der Waals surface area contributed by atoms with Crippen LogP contribution in [0.4, 0.5) is 11.4 Å². The van der Waals surface area contributed by atoms with Crippen molar-refractivity contribution in [3.8, 4) is 0 Å². The van der Waals surface area contributed by atoms with Crippen LogP contribution < -0.4 is 4.70 Å². The van der Waals surface area contributed by atoms with E-state index in [-0.39, 0.29) is 0 Å². The van der Waals surface area contributed by atoms with Crippen molar-refractivity contribution in [1.29, 1.82) is 0 Å². The summed E-state index contributed by atoms with van der Waals surface area (Å²) in [6, 6.07) is 13.3. The van der Waals surface area contributed by atoms with E-state index in [1.165, 1.54) is 39.2 Å².